The fraction of sp³-hybridized carbons (Fsp3) is 0.585. The second-order valence-electron chi connectivity index (χ2n) is 26.0. The number of hydrogen-bond donors (Lipinski definition) is 2. The molecule has 0 saturated carbocycles. The van der Waals surface area contributed by atoms with Crippen molar-refractivity contribution in [2.45, 2.75) is 157 Å². The van der Waals surface area contributed by atoms with Gasteiger partial charge in [-0.2, -0.15) is 15.0 Å². The van der Waals surface area contributed by atoms with Gasteiger partial charge >= 0.3 is 23.6 Å². The summed E-state index contributed by atoms with van der Waals surface area (Å²) in [4.78, 5) is 127. The summed E-state index contributed by atoms with van der Waals surface area (Å²) in [6.07, 6.45) is 5.69. The summed E-state index contributed by atoms with van der Waals surface area (Å²) in [6.45, 7) is 29.7. The van der Waals surface area contributed by atoms with E-state index in [0.717, 1.165) is 35.5 Å². The molecule has 566 valence electrons. The third-order valence-corrected chi connectivity index (χ3v) is 17.3. The van der Waals surface area contributed by atoms with E-state index in [9.17, 15) is 38.9 Å². The lowest BCUT2D eigenvalue weighted by Gasteiger charge is -2.40. The van der Waals surface area contributed by atoms with Gasteiger partial charge in [-0.25, -0.2) is 53.5 Å². The lowest BCUT2D eigenvalue weighted by molar-refractivity contribution is -0.384. The molecular formula is C65H89Cl2IN20O16. The van der Waals surface area contributed by atoms with Crippen LogP contribution < -0.4 is 29.6 Å². The zero-order valence-electron chi connectivity index (χ0n) is 60.4. The number of aromatic nitrogens is 12. The van der Waals surface area contributed by atoms with Crippen LogP contribution >= 0.6 is 46.0 Å². The zero-order chi connectivity index (χ0) is 75.7. The molecule has 5 aliphatic heterocycles. The number of fused-ring (bicyclic) bond motifs is 3. The molecule has 6 amide bonds. The summed E-state index contributed by atoms with van der Waals surface area (Å²) in [6, 6.07) is 5.03. The molecule has 6 aromatic heterocycles. The van der Waals surface area contributed by atoms with Crippen molar-refractivity contribution in [3.05, 3.63) is 68.8 Å². The maximum atomic E-state index is 12.6. The number of rotatable bonds is 17. The van der Waals surface area contributed by atoms with E-state index in [4.69, 9.17) is 56.5 Å². The van der Waals surface area contributed by atoms with Crippen LogP contribution in [0.2, 0.25) is 0 Å². The summed E-state index contributed by atoms with van der Waals surface area (Å²) in [7, 11) is 3.36. The second kappa shape index (κ2) is 36.7. The first-order chi connectivity index (χ1) is 49.5. The number of methoxy groups -OCH3 is 2. The molecular weight excluding hydrogens is 1510 g/mol. The number of likely N-dealkylation sites (tertiary alicyclic amines) is 4. The summed E-state index contributed by atoms with van der Waals surface area (Å²) in [5.74, 6) is 1.31. The van der Waals surface area contributed by atoms with Gasteiger partial charge in [0.2, 0.25) is 29.3 Å². The molecule has 12 rings (SSSR count). The molecule has 3 atom stereocenters. The SMILES string of the molecule is CCNC(=O)c1nc2c(O[C@H]3CCN(C(=O)N4CC(OC)C4)C3)ncnc2n1CC.CCNC(=O)c1nc2c(O[C@H]3CCN(C(=O)OC(C)(C)C)C3)ncnc2n1CC.CCn1c(I)nc2c(O[C@H]3CCN(C(=O)OC(C)(C)C)C3)ncnc21.COC1CN(Cl)C1.O=C(Cl)Oc1ccc([N+](=O)[O-])cc1. The first-order valence-corrected chi connectivity index (χ1v) is 35.7. The Bertz CT molecular complexity index is 4120. The van der Waals surface area contributed by atoms with Crippen molar-refractivity contribution in [2.75, 3.05) is 92.8 Å². The first-order valence-electron chi connectivity index (χ1n) is 33.9. The van der Waals surface area contributed by atoms with Crippen LogP contribution in [-0.2, 0) is 38.6 Å². The van der Waals surface area contributed by atoms with Gasteiger partial charge in [0.05, 0.1) is 49.9 Å². The maximum absolute atomic E-state index is 12.6. The van der Waals surface area contributed by atoms with Crippen LogP contribution in [0.3, 0.4) is 0 Å². The van der Waals surface area contributed by atoms with E-state index in [-0.39, 0.29) is 77.5 Å². The Morgan fingerprint density at radius 1 is 0.548 bits per heavy atom. The fourth-order valence-electron chi connectivity index (χ4n) is 11.0. The van der Waals surface area contributed by atoms with Crippen LogP contribution in [0.15, 0.2) is 43.2 Å². The molecule has 39 heteroatoms. The highest BCUT2D eigenvalue weighted by Gasteiger charge is 2.39. The van der Waals surface area contributed by atoms with E-state index >= 15 is 0 Å². The minimum atomic E-state index is -0.978. The molecule has 5 fully saturated rings. The molecule has 0 spiro atoms. The van der Waals surface area contributed by atoms with E-state index in [1.165, 1.54) is 43.2 Å². The number of nitrogens with one attached hydrogen (secondary N) is 2. The Morgan fingerprint density at radius 3 is 1.28 bits per heavy atom. The van der Waals surface area contributed by atoms with Crippen LogP contribution in [0, 0.1) is 13.9 Å². The Balaban J connectivity index is 0.000000175. The highest BCUT2D eigenvalue weighted by Crippen LogP contribution is 2.30. The van der Waals surface area contributed by atoms with Gasteiger partial charge in [0.25, 0.3) is 17.5 Å². The van der Waals surface area contributed by atoms with Gasteiger partial charge in [-0.3, -0.25) is 19.7 Å². The number of nitro groups is 1. The van der Waals surface area contributed by atoms with Gasteiger partial charge < -0.3 is 81.8 Å². The van der Waals surface area contributed by atoms with Crippen LogP contribution in [0.4, 0.5) is 24.9 Å². The molecule has 0 bridgehead atoms. The van der Waals surface area contributed by atoms with Gasteiger partial charge in [-0.15, -0.1) is 0 Å². The number of ether oxygens (including phenoxy) is 8. The molecule has 104 heavy (non-hydrogen) atoms. The quantitative estimate of drug-likeness (QED) is 0.0217. The summed E-state index contributed by atoms with van der Waals surface area (Å²) in [5, 5.41) is 15.7. The number of halogens is 3. The molecule has 0 radical (unpaired) electrons. The average molecular weight is 1600 g/mol. The largest absolute Gasteiger partial charge is 0.471 e. The number of imidazole rings is 3. The Labute approximate surface area is 623 Å². The fourth-order valence-corrected chi connectivity index (χ4v) is 12.2. The molecule has 11 heterocycles. The number of nitrogens with zero attached hydrogens (tertiary/aromatic N) is 18. The molecule has 5 saturated heterocycles. The number of carbonyl (C=O) groups is 6. The standard InChI is InChI=1S/C19H27N7O4.C19H28N6O4.C16H22IN5O3.C7H4ClNO4.C4H8ClNO/c1-4-20-17(27)16-23-14-15(26(16)5-2)21-11-22-18(14)30-12-6-7-24(8-12)19(28)25-9-13(10-25)29-3;1-6-20-16(26)15-23-13-14(25(15)7-2)21-11-22-17(13)28-12-8-9-24(10-12)18(27)29-19(3,4)5;1-5-22-12-11(20-14(22)17)13(19-9-18-12)24-10-6-7-21(8-10)15(23)25-16(2,3)4;8-7(10)13-6-3-1-5(2-4-6)9(11)12;1-7-4-2-6(5)3-4/h11-13H,4-10H2,1-3H3,(H,20,27);11-12H,6-10H2,1-5H3,(H,20,26);9-10H,5-8H2,1-4H3;1-4H;4H,2-3H2,1H3/t2*12-;10-;;/m000../s1. The normalized spacial score (nSPS) is 17.4. The number of aryl methyl sites for hydroxylation is 3. The van der Waals surface area contributed by atoms with Crippen molar-refractivity contribution in [2.24, 2.45) is 0 Å². The predicted molar refractivity (Wildman–Crippen MR) is 387 cm³/mol. The molecule has 5 aliphatic rings. The van der Waals surface area contributed by atoms with E-state index in [1.807, 2.05) is 80.7 Å². The van der Waals surface area contributed by atoms with Crippen molar-refractivity contribution in [3.63, 3.8) is 0 Å². The Kier molecular flexibility index (Phi) is 28.5. The number of nitro benzene ring substituents is 1. The Hall–Kier alpha value is -8.92. The van der Waals surface area contributed by atoms with Crippen molar-refractivity contribution in [3.8, 4) is 23.4 Å². The number of carbonyl (C=O) groups excluding carboxylic acids is 6. The smallest absolute Gasteiger partial charge is 0.410 e. The summed E-state index contributed by atoms with van der Waals surface area (Å²) < 4.78 is 51.7. The minimum Gasteiger partial charge on any atom is -0.471 e. The summed E-state index contributed by atoms with van der Waals surface area (Å²) in [5.41, 5.74) is 1.31. The van der Waals surface area contributed by atoms with Crippen molar-refractivity contribution in [1.29, 1.82) is 0 Å². The lowest BCUT2D eigenvalue weighted by Crippen LogP contribution is -2.58. The van der Waals surface area contributed by atoms with Crippen LogP contribution in [0.1, 0.15) is 117 Å². The van der Waals surface area contributed by atoms with E-state index in [0.29, 0.717) is 143 Å². The predicted octanol–water partition coefficient (Wildman–Crippen LogP) is 8.13. The van der Waals surface area contributed by atoms with Gasteiger partial charge in [0.1, 0.15) is 54.2 Å². The topological polar surface area (TPSA) is 390 Å². The first kappa shape index (κ1) is 80.8. The van der Waals surface area contributed by atoms with Crippen molar-refractivity contribution in [1.82, 2.24) is 93.2 Å². The van der Waals surface area contributed by atoms with Gasteiger partial charge in [0.15, 0.2) is 37.3 Å². The van der Waals surface area contributed by atoms with Gasteiger partial charge in [-0.1, -0.05) is 0 Å². The van der Waals surface area contributed by atoms with Crippen molar-refractivity contribution < 1.29 is 71.6 Å². The number of amides is 6. The van der Waals surface area contributed by atoms with Crippen molar-refractivity contribution >= 4 is 121 Å². The lowest BCUT2D eigenvalue weighted by atomic mass is 10.2. The third kappa shape index (κ3) is 21.4. The van der Waals surface area contributed by atoms with E-state index < -0.39 is 21.6 Å². The van der Waals surface area contributed by atoms with Crippen LogP contribution in [0.25, 0.3) is 33.5 Å². The highest BCUT2D eigenvalue weighted by molar-refractivity contribution is 14.1. The summed E-state index contributed by atoms with van der Waals surface area (Å²) >= 11 is 12.6. The zero-order valence-corrected chi connectivity index (χ0v) is 64.0. The number of urea groups is 1. The molecule has 36 nitrogen and oxygen atoms in total. The monoisotopic (exact) mass is 1600 g/mol. The Morgan fingerprint density at radius 2 is 0.923 bits per heavy atom. The van der Waals surface area contributed by atoms with E-state index in [2.05, 4.69) is 82.8 Å². The highest BCUT2D eigenvalue weighted by atomic mass is 127. The van der Waals surface area contributed by atoms with Gasteiger partial charge in [-0.05, 0) is 100 Å². The average Bonchev–Trinajstić information content (AvgIpc) is 1.64. The number of non-ortho nitro benzene ring substituents is 1. The maximum Gasteiger partial charge on any atom is 0.410 e. The molecule has 0 aliphatic carbocycles. The van der Waals surface area contributed by atoms with E-state index in [1.54, 1.807) is 47.4 Å². The number of benzene rings is 1. The molecule has 2 N–H and O–H groups in total. The van der Waals surface area contributed by atoms with Crippen LogP contribution in [-0.4, -0.2) is 257 Å². The number of hydrogen-bond acceptors (Lipinski definition) is 26. The molecule has 7 aromatic rings. The third-order valence-electron chi connectivity index (χ3n) is 16.2. The second-order valence-corrected chi connectivity index (χ2v) is 27.7. The molecule has 0 unspecified atom stereocenters. The van der Waals surface area contributed by atoms with Crippen LogP contribution in [0.5, 0.6) is 23.4 Å². The minimum absolute atomic E-state index is 0.0102. The molecule has 1 aromatic carbocycles. The van der Waals surface area contributed by atoms with Gasteiger partial charge in [0, 0.05) is 145 Å².